The molecule has 2 rings (SSSR count). The van der Waals surface area contributed by atoms with E-state index in [0.29, 0.717) is 22.9 Å². The quantitative estimate of drug-likeness (QED) is 0.785. The number of hydrogen-bond acceptors (Lipinski definition) is 4. The Labute approximate surface area is 128 Å². The molecule has 1 aliphatic carbocycles. The van der Waals surface area contributed by atoms with E-state index in [-0.39, 0.29) is 24.4 Å². The number of halogens is 1. The lowest BCUT2D eigenvalue weighted by Crippen LogP contribution is -2.44. The van der Waals surface area contributed by atoms with Gasteiger partial charge < -0.3 is 16.8 Å². The van der Waals surface area contributed by atoms with Gasteiger partial charge in [-0.3, -0.25) is 9.59 Å². The van der Waals surface area contributed by atoms with Crippen LogP contribution in [0.4, 0.5) is 0 Å². The molecule has 1 aliphatic rings. The molecule has 2 atom stereocenters. The van der Waals surface area contributed by atoms with E-state index in [2.05, 4.69) is 5.32 Å². The Hall–Kier alpha value is -1.11. The molecule has 1 aromatic heterocycles. The number of carbonyl (C=O) groups is 2. The van der Waals surface area contributed by atoms with Gasteiger partial charge in [0.05, 0.1) is 10.4 Å². The molecule has 5 nitrogen and oxygen atoms in total. The molecule has 0 saturated heterocycles. The van der Waals surface area contributed by atoms with E-state index in [4.69, 9.17) is 11.5 Å². The Kier molecular flexibility index (Phi) is 6.45. The van der Waals surface area contributed by atoms with Crippen LogP contribution in [0.2, 0.25) is 0 Å². The predicted molar refractivity (Wildman–Crippen MR) is 82.4 cm³/mol. The van der Waals surface area contributed by atoms with Gasteiger partial charge in [-0.1, -0.05) is 12.8 Å². The molecule has 5 N–H and O–H groups in total. The van der Waals surface area contributed by atoms with Gasteiger partial charge >= 0.3 is 0 Å². The molecule has 112 valence electrons. The summed E-state index contributed by atoms with van der Waals surface area (Å²) in [7, 11) is 0. The summed E-state index contributed by atoms with van der Waals surface area (Å²) >= 11 is 1.24. The standard InChI is InChI=1S/C13H19N3O2S.ClH/c14-6-8-3-1-2-4-10(8)16-13(18)11-5-9(7-19-11)12(15)17;/h5,7-8,10H,1-4,6,14H2,(H2,15,17)(H,16,18);1H. The molecule has 1 saturated carbocycles. The number of rotatable bonds is 4. The average molecular weight is 318 g/mol. The Morgan fingerprint density at radius 3 is 2.65 bits per heavy atom. The largest absolute Gasteiger partial charge is 0.366 e. The van der Waals surface area contributed by atoms with Gasteiger partial charge in [-0.25, -0.2) is 0 Å². The normalized spacial score (nSPS) is 21.9. The second-order valence-electron chi connectivity index (χ2n) is 4.92. The monoisotopic (exact) mass is 317 g/mol. The van der Waals surface area contributed by atoms with Crippen molar-refractivity contribution in [1.82, 2.24) is 5.32 Å². The van der Waals surface area contributed by atoms with E-state index >= 15 is 0 Å². The van der Waals surface area contributed by atoms with Crippen LogP contribution in [0.3, 0.4) is 0 Å². The molecule has 0 aliphatic heterocycles. The zero-order chi connectivity index (χ0) is 13.8. The lowest BCUT2D eigenvalue weighted by molar-refractivity contribution is 0.0912. The number of nitrogens with one attached hydrogen (secondary N) is 1. The molecule has 0 bridgehead atoms. The van der Waals surface area contributed by atoms with Gasteiger partial charge in [0.2, 0.25) is 5.91 Å². The molecular formula is C13H20ClN3O2S. The molecule has 1 aromatic rings. The number of hydrogen-bond donors (Lipinski definition) is 3. The van der Waals surface area contributed by atoms with Crippen LogP contribution < -0.4 is 16.8 Å². The molecule has 7 heteroatoms. The summed E-state index contributed by atoms with van der Waals surface area (Å²) in [6.45, 7) is 0.599. The second kappa shape index (κ2) is 7.61. The second-order valence-corrected chi connectivity index (χ2v) is 5.84. The highest BCUT2D eigenvalue weighted by Gasteiger charge is 2.26. The fraction of sp³-hybridized carbons (Fsp3) is 0.538. The zero-order valence-corrected chi connectivity index (χ0v) is 12.8. The summed E-state index contributed by atoms with van der Waals surface area (Å²) in [5, 5.41) is 4.64. The van der Waals surface area contributed by atoms with E-state index in [0.717, 1.165) is 19.3 Å². The van der Waals surface area contributed by atoms with Crippen LogP contribution >= 0.6 is 23.7 Å². The first-order chi connectivity index (χ1) is 9.11. The minimum atomic E-state index is -0.507. The minimum Gasteiger partial charge on any atom is -0.366 e. The molecular weight excluding hydrogens is 298 g/mol. The van der Waals surface area contributed by atoms with Crippen molar-refractivity contribution in [3.8, 4) is 0 Å². The summed E-state index contributed by atoms with van der Waals surface area (Å²) in [6.07, 6.45) is 4.34. The summed E-state index contributed by atoms with van der Waals surface area (Å²) in [4.78, 5) is 23.6. The lowest BCUT2D eigenvalue weighted by Gasteiger charge is -2.31. The summed E-state index contributed by atoms with van der Waals surface area (Å²) < 4.78 is 0. The minimum absolute atomic E-state index is 0. The molecule has 0 spiro atoms. The van der Waals surface area contributed by atoms with Crippen LogP contribution in [-0.2, 0) is 0 Å². The fourth-order valence-electron chi connectivity index (χ4n) is 2.50. The van der Waals surface area contributed by atoms with Crippen molar-refractivity contribution in [2.45, 2.75) is 31.7 Å². The first-order valence-corrected chi connectivity index (χ1v) is 7.39. The summed E-state index contributed by atoms with van der Waals surface area (Å²) in [6, 6.07) is 1.69. The number of nitrogens with two attached hydrogens (primary N) is 2. The molecule has 2 amide bonds. The lowest BCUT2D eigenvalue weighted by atomic mass is 9.84. The number of amides is 2. The zero-order valence-electron chi connectivity index (χ0n) is 11.1. The van der Waals surface area contributed by atoms with E-state index < -0.39 is 5.91 Å². The van der Waals surface area contributed by atoms with Crippen LogP contribution in [0.1, 0.15) is 45.7 Å². The third-order valence-corrected chi connectivity index (χ3v) is 4.57. The van der Waals surface area contributed by atoms with Crippen molar-refractivity contribution < 1.29 is 9.59 Å². The van der Waals surface area contributed by atoms with Crippen LogP contribution in [-0.4, -0.2) is 24.4 Å². The maximum Gasteiger partial charge on any atom is 0.261 e. The highest BCUT2D eigenvalue weighted by molar-refractivity contribution is 7.12. The van der Waals surface area contributed by atoms with Gasteiger partial charge in [0.1, 0.15) is 0 Å². The Morgan fingerprint density at radius 1 is 1.35 bits per heavy atom. The topological polar surface area (TPSA) is 98.2 Å². The smallest absolute Gasteiger partial charge is 0.261 e. The predicted octanol–water partition coefficient (Wildman–Crippen LogP) is 1.52. The van der Waals surface area contributed by atoms with Crippen LogP contribution in [0, 0.1) is 5.92 Å². The molecule has 1 heterocycles. The Morgan fingerprint density at radius 2 is 2.05 bits per heavy atom. The van der Waals surface area contributed by atoms with Gasteiger partial charge in [0.15, 0.2) is 0 Å². The van der Waals surface area contributed by atoms with Crippen LogP contribution in [0.5, 0.6) is 0 Å². The number of thiophene rings is 1. The van der Waals surface area contributed by atoms with Crippen molar-refractivity contribution in [1.29, 1.82) is 0 Å². The first kappa shape index (κ1) is 16.9. The molecule has 0 radical (unpaired) electrons. The van der Waals surface area contributed by atoms with Crippen LogP contribution in [0.25, 0.3) is 0 Å². The van der Waals surface area contributed by atoms with Gasteiger partial charge in [-0.15, -0.1) is 23.7 Å². The van der Waals surface area contributed by atoms with E-state index in [9.17, 15) is 9.59 Å². The van der Waals surface area contributed by atoms with Gasteiger partial charge in [-0.05, 0) is 31.4 Å². The van der Waals surface area contributed by atoms with Crippen molar-refractivity contribution >= 4 is 35.6 Å². The van der Waals surface area contributed by atoms with Crippen molar-refractivity contribution in [2.75, 3.05) is 6.54 Å². The van der Waals surface area contributed by atoms with E-state index in [1.807, 2.05) is 0 Å². The van der Waals surface area contributed by atoms with E-state index in [1.165, 1.54) is 17.8 Å². The Bertz CT molecular complexity index is 478. The summed E-state index contributed by atoms with van der Waals surface area (Å²) in [5.41, 5.74) is 11.3. The van der Waals surface area contributed by atoms with Gasteiger partial charge in [0, 0.05) is 11.4 Å². The van der Waals surface area contributed by atoms with Crippen LogP contribution in [0.15, 0.2) is 11.4 Å². The number of primary amides is 1. The fourth-order valence-corrected chi connectivity index (χ4v) is 3.30. The molecule has 20 heavy (non-hydrogen) atoms. The van der Waals surface area contributed by atoms with Gasteiger partial charge in [0.25, 0.3) is 5.91 Å². The highest BCUT2D eigenvalue weighted by Crippen LogP contribution is 2.24. The Balaban J connectivity index is 0.00000200. The van der Waals surface area contributed by atoms with Crippen molar-refractivity contribution in [3.63, 3.8) is 0 Å². The molecule has 1 fully saturated rings. The van der Waals surface area contributed by atoms with Gasteiger partial charge in [-0.2, -0.15) is 0 Å². The highest BCUT2D eigenvalue weighted by atomic mass is 35.5. The molecule has 0 aromatic carbocycles. The molecule has 2 unspecified atom stereocenters. The third-order valence-electron chi connectivity index (χ3n) is 3.64. The maximum absolute atomic E-state index is 12.1. The van der Waals surface area contributed by atoms with E-state index in [1.54, 1.807) is 11.4 Å². The SMILES string of the molecule is Cl.NCC1CCCCC1NC(=O)c1cc(C(N)=O)cs1. The third kappa shape index (κ3) is 3.94. The van der Waals surface area contributed by atoms with Crippen molar-refractivity contribution in [2.24, 2.45) is 17.4 Å². The summed E-state index contributed by atoms with van der Waals surface area (Å²) in [5.74, 6) is -0.288. The maximum atomic E-state index is 12.1. The van der Waals surface area contributed by atoms with Crippen molar-refractivity contribution in [3.05, 3.63) is 21.9 Å². The first-order valence-electron chi connectivity index (χ1n) is 6.51. The average Bonchev–Trinajstić information content (AvgIpc) is 2.89. The number of carbonyl (C=O) groups excluding carboxylic acids is 2.